The Morgan fingerprint density at radius 3 is 2.64 bits per heavy atom. The van der Waals surface area contributed by atoms with Crippen molar-refractivity contribution >= 4 is 22.6 Å². The second-order valence-corrected chi connectivity index (χ2v) is 3.69. The zero-order chi connectivity index (χ0) is 10.7. The van der Waals surface area contributed by atoms with Gasteiger partial charge in [-0.2, -0.15) is 0 Å². The summed E-state index contributed by atoms with van der Waals surface area (Å²) in [6.07, 6.45) is -1.47. The lowest BCUT2D eigenvalue weighted by Gasteiger charge is -2.10. The minimum atomic E-state index is -2.58. The van der Waals surface area contributed by atoms with Crippen molar-refractivity contribution in [3.05, 3.63) is 26.6 Å². The van der Waals surface area contributed by atoms with E-state index in [9.17, 15) is 8.78 Å². The van der Waals surface area contributed by atoms with Gasteiger partial charge in [-0.1, -0.05) is 0 Å². The number of hydrogen-bond donors (Lipinski definition) is 2. The highest BCUT2D eigenvalue weighted by molar-refractivity contribution is 14.1. The molecule has 0 unspecified atom stereocenters. The fraction of sp³-hybridized carbons (Fsp3) is 0.375. The van der Waals surface area contributed by atoms with Crippen LogP contribution in [-0.2, 0) is 13.2 Å². The fourth-order valence-electron chi connectivity index (χ4n) is 1.07. The average molecular weight is 314 g/mol. The van der Waals surface area contributed by atoms with Gasteiger partial charge >= 0.3 is 0 Å². The van der Waals surface area contributed by atoms with Gasteiger partial charge in [-0.25, -0.2) is 8.78 Å². The quantitative estimate of drug-likeness (QED) is 0.833. The van der Waals surface area contributed by atoms with Crippen LogP contribution in [0.3, 0.4) is 0 Å². The molecule has 0 aliphatic heterocycles. The highest BCUT2D eigenvalue weighted by atomic mass is 127. The predicted molar refractivity (Wildman–Crippen MR) is 55.7 cm³/mol. The maximum absolute atomic E-state index is 12.4. The highest BCUT2D eigenvalue weighted by Gasteiger charge is 2.17. The molecule has 0 atom stereocenters. The molecule has 1 aromatic heterocycles. The first-order valence-electron chi connectivity index (χ1n) is 3.87. The molecule has 0 spiro atoms. The first-order valence-corrected chi connectivity index (χ1v) is 4.94. The Kier molecular flexibility index (Phi) is 4.14. The molecule has 6 heteroatoms. The first kappa shape index (κ1) is 11.7. The smallest absolute Gasteiger partial charge is 0.266 e. The first-order chi connectivity index (χ1) is 6.61. The third kappa shape index (κ3) is 2.18. The molecule has 78 valence electrons. The lowest BCUT2D eigenvalue weighted by atomic mass is 10.1. The van der Waals surface area contributed by atoms with Gasteiger partial charge < -0.3 is 10.8 Å². The van der Waals surface area contributed by atoms with Gasteiger partial charge in [0.1, 0.15) is 0 Å². The molecule has 0 aliphatic rings. The Hall–Kier alpha value is -0.340. The number of halogens is 3. The summed E-state index contributed by atoms with van der Waals surface area (Å²) in [4.78, 5) is 3.78. The van der Waals surface area contributed by atoms with Crippen molar-refractivity contribution < 1.29 is 13.9 Å². The normalized spacial score (nSPS) is 11.0. The number of rotatable bonds is 3. The van der Waals surface area contributed by atoms with E-state index in [2.05, 4.69) is 4.98 Å². The number of hydrogen-bond acceptors (Lipinski definition) is 3. The molecule has 0 bridgehead atoms. The molecule has 0 saturated heterocycles. The van der Waals surface area contributed by atoms with Crippen molar-refractivity contribution in [2.75, 3.05) is 0 Å². The third-order valence-electron chi connectivity index (χ3n) is 1.81. The largest absolute Gasteiger partial charge is 0.392 e. The summed E-state index contributed by atoms with van der Waals surface area (Å²) in [6, 6.07) is 0. The molecule has 0 saturated carbocycles. The average Bonchev–Trinajstić information content (AvgIpc) is 2.16. The maximum atomic E-state index is 12.4. The molecule has 0 aliphatic carbocycles. The standard InChI is InChI=1S/C8H9F2IN2O/c9-8(10)4-2-13-6(1-12)5(3-14)7(4)11/h2,8,14H,1,3,12H2. The highest BCUT2D eigenvalue weighted by Crippen LogP contribution is 2.27. The number of aliphatic hydroxyl groups is 1. The molecule has 14 heavy (non-hydrogen) atoms. The van der Waals surface area contributed by atoms with Crippen LogP contribution in [0.4, 0.5) is 8.78 Å². The minimum absolute atomic E-state index is 0.134. The molecule has 1 aromatic rings. The molecule has 0 aromatic carbocycles. The van der Waals surface area contributed by atoms with E-state index in [1.165, 1.54) is 0 Å². The van der Waals surface area contributed by atoms with Crippen LogP contribution in [0, 0.1) is 3.57 Å². The van der Waals surface area contributed by atoms with E-state index < -0.39 is 6.43 Å². The summed E-state index contributed by atoms with van der Waals surface area (Å²) >= 11 is 1.77. The molecule has 0 amide bonds. The van der Waals surface area contributed by atoms with Crippen LogP contribution in [-0.4, -0.2) is 10.1 Å². The van der Waals surface area contributed by atoms with Crippen LogP contribution in [0.5, 0.6) is 0 Å². The fourth-order valence-corrected chi connectivity index (χ4v) is 1.93. The molecular formula is C8H9F2IN2O. The number of alkyl halides is 2. The van der Waals surface area contributed by atoms with Gasteiger partial charge in [0.05, 0.1) is 12.3 Å². The van der Waals surface area contributed by atoms with Crippen molar-refractivity contribution in [2.45, 2.75) is 19.6 Å². The Bertz CT molecular complexity index is 333. The van der Waals surface area contributed by atoms with E-state index in [1.807, 2.05) is 0 Å². The maximum Gasteiger partial charge on any atom is 0.266 e. The number of nitrogens with zero attached hydrogens (tertiary/aromatic N) is 1. The van der Waals surface area contributed by atoms with E-state index >= 15 is 0 Å². The van der Waals surface area contributed by atoms with Crippen LogP contribution in [0.15, 0.2) is 6.20 Å². The monoisotopic (exact) mass is 314 g/mol. The van der Waals surface area contributed by atoms with Gasteiger partial charge in [-0.05, 0) is 22.6 Å². The number of aliphatic hydroxyl groups excluding tert-OH is 1. The second kappa shape index (κ2) is 4.94. The van der Waals surface area contributed by atoms with Crippen molar-refractivity contribution in [1.82, 2.24) is 4.98 Å². The lowest BCUT2D eigenvalue weighted by Crippen LogP contribution is -2.09. The van der Waals surface area contributed by atoms with Gasteiger partial charge in [-0.15, -0.1) is 0 Å². The van der Waals surface area contributed by atoms with Gasteiger partial charge in [0.2, 0.25) is 0 Å². The van der Waals surface area contributed by atoms with Gasteiger partial charge in [0.25, 0.3) is 6.43 Å². The van der Waals surface area contributed by atoms with E-state index in [-0.39, 0.29) is 18.7 Å². The Morgan fingerprint density at radius 1 is 1.57 bits per heavy atom. The van der Waals surface area contributed by atoms with Crippen molar-refractivity contribution in [3.63, 3.8) is 0 Å². The summed E-state index contributed by atoms with van der Waals surface area (Å²) in [7, 11) is 0. The van der Waals surface area contributed by atoms with Crippen LogP contribution in [0.1, 0.15) is 23.2 Å². The Morgan fingerprint density at radius 2 is 2.21 bits per heavy atom. The zero-order valence-electron chi connectivity index (χ0n) is 7.17. The lowest BCUT2D eigenvalue weighted by molar-refractivity contribution is 0.149. The number of nitrogens with two attached hydrogens (primary N) is 1. The summed E-state index contributed by atoms with van der Waals surface area (Å²) in [5.74, 6) is 0. The number of pyridine rings is 1. The molecule has 3 N–H and O–H groups in total. The van der Waals surface area contributed by atoms with Crippen LogP contribution in [0.25, 0.3) is 0 Å². The molecule has 0 fully saturated rings. The van der Waals surface area contributed by atoms with Gasteiger partial charge in [0, 0.05) is 27.4 Å². The van der Waals surface area contributed by atoms with E-state index in [4.69, 9.17) is 10.8 Å². The molecule has 3 nitrogen and oxygen atoms in total. The topological polar surface area (TPSA) is 59.1 Å². The molecular weight excluding hydrogens is 305 g/mol. The molecule has 1 heterocycles. The predicted octanol–water partition coefficient (Wildman–Crippen LogP) is 1.57. The van der Waals surface area contributed by atoms with Crippen molar-refractivity contribution in [3.8, 4) is 0 Å². The summed E-state index contributed by atoms with van der Waals surface area (Å²) in [5, 5.41) is 8.99. The minimum Gasteiger partial charge on any atom is -0.392 e. The molecule has 1 rings (SSSR count). The zero-order valence-corrected chi connectivity index (χ0v) is 9.33. The van der Waals surface area contributed by atoms with E-state index in [1.54, 1.807) is 22.6 Å². The van der Waals surface area contributed by atoms with Crippen LogP contribution < -0.4 is 5.73 Å². The Labute approximate surface area is 93.5 Å². The summed E-state index contributed by atoms with van der Waals surface area (Å²) in [6.45, 7) is -0.187. The third-order valence-corrected chi connectivity index (χ3v) is 3.09. The van der Waals surface area contributed by atoms with E-state index in [0.29, 0.717) is 14.8 Å². The summed E-state index contributed by atoms with van der Waals surface area (Å²) in [5.41, 5.74) is 6.05. The number of aromatic nitrogens is 1. The van der Waals surface area contributed by atoms with Crippen LogP contribution in [0.2, 0.25) is 0 Å². The van der Waals surface area contributed by atoms with E-state index in [0.717, 1.165) is 6.20 Å². The molecule has 0 radical (unpaired) electrons. The van der Waals surface area contributed by atoms with Crippen LogP contribution >= 0.6 is 22.6 Å². The second-order valence-electron chi connectivity index (χ2n) is 2.62. The van der Waals surface area contributed by atoms with Crippen molar-refractivity contribution in [2.24, 2.45) is 5.73 Å². The SMILES string of the molecule is NCc1ncc(C(F)F)c(I)c1CO. The summed E-state index contributed by atoms with van der Waals surface area (Å²) < 4.78 is 25.2. The Balaban J connectivity index is 3.27. The van der Waals surface area contributed by atoms with Gasteiger partial charge in [-0.3, -0.25) is 4.98 Å². The van der Waals surface area contributed by atoms with Crippen molar-refractivity contribution in [1.29, 1.82) is 0 Å². The van der Waals surface area contributed by atoms with Gasteiger partial charge in [0.15, 0.2) is 0 Å².